The number of nitrogens with one attached hydrogen (secondary N) is 1. The molecule has 3 rings (SSSR count). The zero-order chi connectivity index (χ0) is 15.7. The third kappa shape index (κ3) is 2.81. The third-order valence-electron chi connectivity index (χ3n) is 3.90. The van der Waals surface area contributed by atoms with E-state index in [9.17, 15) is 4.79 Å². The Hall–Kier alpha value is -2.37. The summed E-state index contributed by atoms with van der Waals surface area (Å²) < 4.78 is 4.97. The van der Waals surface area contributed by atoms with Gasteiger partial charge in [-0.1, -0.05) is 37.2 Å². The van der Waals surface area contributed by atoms with Crippen molar-refractivity contribution < 1.29 is 9.32 Å². The number of benzene rings is 1. The van der Waals surface area contributed by atoms with Crippen LogP contribution >= 0.6 is 0 Å². The molecule has 0 spiro atoms. The van der Waals surface area contributed by atoms with Gasteiger partial charge in [0.2, 0.25) is 5.89 Å². The number of rotatable bonds is 3. The molecule has 22 heavy (non-hydrogen) atoms. The molecule has 0 bridgehead atoms. The molecule has 2 aromatic rings. The molecule has 1 aromatic carbocycles. The Morgan fingerprint density at radius 3 is 2.73 bits per heavy atom. The normalized spacial score (nSPS) is 15.0. The van der Waals surface area contributed by atoms with Crippen LogP contribution in [0.5, 0.6) is 0 Å². The third-order valence-corrected chi connectivity index (χ3v) is 3.90. The van der Waals surface area contributed by atoms with E-state index < -0.39 is 0 Å². The van der Waals surface area contributed by atoms with Gasteiger partial charge in [0.1, 0.15) is 0 Å². The summed E-state index contributed by atoms with van der Waals surface area (Å²) in [6.07, 6.45) is 0. The predicted molar refractivity (Wildman–Crippen MR) is 82.9 cm³/mol. The second-order valence-electron chi connectivity index (χ2n) is 5.95. The van der Waals surface area contributed by atoms with E-state index in [1.54, 1.807) is 11.8 Å². The summed E-state index contributed by atoms with van der Waals surface area (Å²) >= 11 is 0. The standard InChI is InChI=1S/C16H20N4O2/c1-10(2)13-6-4-5-7-14(13)18-16(21)20-8-12(9-20)15-17-11(3)22-19-15/h4-7,10,12H,8-9H2,1-3H3,(H,18,21). The fourth-order valence-corrected chi connectivity index (χ4v) is 2.60. The molecule has 1 aromatic heterocycles. The molecule has 1 aliphatic heterocycles. The summed E-state index contributed by atoms with van der Waals surface area (Å²) in [5.74, 6) is 1.78. The van der Waals surface area contributed by atoms with Crippen LogP contribution in [0.2, 0.25) is 0 Å². The maximum atomic E-state index is 12.3. The molecule has 0 unspecified atom stereocenters. The van der Waals surface area contributed by atoms with Gasteiger partial charge in [0.25, 0.3) is 0 Å². The number of urea groups is 1. The Labute approximate surface area is 129 Å². The molecule has 1 aliphatic rings. The van der Waals surface area contributed by atoms with Gasteiger partial charge in [0, 0.05) is 25.7 Å². The molecule has 6 heteroatoms. The Balaban J connectivity index is 1.60. The van der Waals surface area contributed by atoms with Crippen molar-refractivity contribution in [3.8, 4) is 0 Å². The first-order valence-electron chi connectivity index (χ1n) is 7.49. The van der Waals surface area contributed by atoms with Crippen molar-refractivity contribution in [1.29, 1.82) is 0 Å². The van der Waals surface area contributed by atoms with Crippen molar-refractivity contribution in [3.05, 3.63) is 41.5 Å². The van der Waals surface area contributed by atoms with Gasteiger partial charge in [0.15, 0.2) is 5.82 Å². The van der Waals surface area contributed by atoms with E-state index in [0.29, 0.717) is 30.7 Å². The number of aryl methyl sites for hydroxylation is 1. The van der Waals surface area contributed by atoms with Gasteiger partial charge in [-0.05, 0) is 17.5 Å². The molecule has 2 amide bonds. The Morgan fingerprint density at radius 2 is 2.09 bits per heavy atom. The van der Waals surface area contributed by atoms with Crippen LogP contribution in [0.3, 0.4) is 0 Å². The quantitative estimate of drug-likeness (QED) is 0.945. The van der Waals surface area contributed by atoms with Crippen molar-refractivity contribution in [2.75, 3.05) is 18.4 Å². The van der Waals surface area contributed by atoms with E-state index in [-0.39, 0.29) is 11.9 Å². The maximum Gasteiger partial charge on any atom is 0.321 e. The summed E-state index contributed by atoms with van der Waals surface area (Å²) in [7, 11) is 0. The number of amides is 2. The van der Waals surface area contributed by atoms with E-state index in [0.717, 1.165) is 11.3 Å². The fourth-order valence-electron chi connectivity index (χ4n) is 2.60. The van der Waals surface area contributed by atoms with Crippen LogP contribution in [0.4, 0.5) is 10.5 Å². The lowest BCUT2D eigenvalue weighted by molar-refractivity contribution is 0.159. The molecule has 0 radical (unpaired) electrons. The van der Waals surface area contributed by atoms with E-state index in [2.05, 4.69) is 29.3 Å². The summed E-state index contributed by atoms with van der Waals surface area (Å²) in [5, 5.41) is 6.90. The van der Waals surface area contributed by atoms with Crippen LogP contribution in [-0.2, 0) is 0 Å². The second kappa shape index (κ2) is 5.79. The molecule has 1 saturated heterocycles. The number of carbonyl (C=O) groups excluding carboxylic acids is 1. The van der Waals surface area contributed by atoms with E-state index >= 15 is 0 Å². The molecule has 6 nitrogen and oxygen atoms in total. The second-order valence-corrected chi connectivity index (χ2v) is 5.95. The van der Waals surface area contributed by atoms with Gasteiger partial charge in [-0.15, -0.1) is 0 Å². The van der Waals surface area contributed by atoms with Gasteiger partial charge in [-0.2, -0.15) is 4.98 Å². The maximum absolute atomic E-state index is 12.3. The molecule has 2 heterocycles. The average Bonchev–Trinajstić information content (AvgIpc) is 2.83. The number of hydrogen-bond acceptors (Lipinski definition) is 4. The lowest BCUT2D eigenvalue weighted by Gasteiger charge is -2.37. The average molecular weight is 300 g/mol. The Kier molecular flexibility index (Phi) is 3.83. The molecule has 0 aliphatic carbocycles. The van der Waals surface area contributed by atoms with Crippen molar-refractivity contribution in [3.63, 3.8) is 0 Å². The first-order valence-corrected chi connectivity index (χ1v) is 7.49. The van der Waals surface area contributed by atoms with Crippen LogP contribution in [-0.4, -0.2) is 34.2 Å². The highest BCUT2D eigenvalue weighted by molar-refractivity contribution is 5.90. The van der Waals surface area contributed by atoms with Crippen molar-refractivity contribution in [1.82, 2.24) is 15.0 Å². The van der Waals surface area contributed by atoms with Crippen LogP contribution in [0.1, 0.15) is 43.0 Å². The highest BCUT2D eigenvalue weighted by Gasteiger charge is 2.35. The lowest BCUT2D eigenvalue weighted by atomic mass is 9.99. The number of para-hydroxylation sites is 1. The minimum absolute atomic E-state index is 0.0791. The molecule has 0 saturated carbocycles. The highest BCUT2D eigenvalue weighted by atomic mass is 16.5. The van der Waals surface area contributed by atoms with Crippen LogP contribution in [0, 0.1) is 6.92 Å². The van der Waals surface area contributed by atoms with Crippen molar-refractivity contribution >= 4 is 11.7 Å². The minimum Gasteiger partial charge on any atom is -0.340 e. The van der Waals surface area contributed by atoms with E-state index in [4.69, 9.17) is 4.52 Å². The van der Waals surface area contributed by atoms with Crippen LogP contribution in [0.25, 0.3) is 0 Å². The van der Waals surface area contributed by atoms with Crippen molar-refractivity contribution in [2.45, 2.75) is 32.6 Å². The molecular weight excluding hydrogens is 280 g/mol. The van der Waals surface area contributed by atoms with Crippen LogP contribution in [0.15, 0.2) is 28.8 Å². The lowest BCUT2D eigenvalue weighted by Crippen LogP contribution is -2.50. The Bertz CT molecular complexity index is 674. The smallest absolute Gasteiger partial charge is 0.321 e. The predicted octanol–water partition coefficient (Wildman–Crippen LogP) is 3.13. The number of carbonyl (C=O) groups is 1. The molecule has 116 valence electrons. The van der Waals surface area contributed by atoms with Gasteiger partial charge in [-0.25, -0.2) is 4.79 Å². The fraction of sp³-hybridized carbons (Fsp3) is 0.438. The molecular formula is C16H20N4O2. The number of hydrogen-bond donors (Lipinski definition) is 1. The van der Waals surface area contributed by atoms with Crippen LogP contribution < -0.4 is 5.32 Å². The summed E-state index contributed by atoms with van der Waals surface area (Å²) in [6, 6.07) is 7.82. The highest BCUT2D eigenvalue weighted by Crippen LogP contribution is 2.27. The minimum atomic E-state index is -0.0791. The van der Waals surface area contributed by atoms with Gasteiger partial charge >= 0.3 is 6.03 Å². The largest absolute Gasteiger partial charge is 0.340 e. The zero-order valence-corrected chi connectivity index (χ0v) is 13.0. The number of aromatic nitrogens is 2. The summed E-state index contributed by atoms with van der Waals surface area (Å²) in [5.41, 5.74) is 2.02. The molecule has 0 atom stereocenters. The zero-order valence-electron chi connectivity index (χ0n) is 13.0. The van der Waals surface area contributed by atoms with E-state index in [1.807, 2.05) is 24.3 Å². The monoisotopic (exact) mass is 300 g/mol. The Morgan fingerprint density at radius 1 is 1.36 bits per heavy atom. The SMILES string of the molecule is Cc1nc(C2CN(C(=O)Nc3ccccc3C(C)C)C2)no1. The van der Waals surface area contributed by atoms with Gasteiger partial charge in [-0.3, -0.25) is 0 Å². The van der Waals surface area contributed by atoms with Gasteiger partial charge in [0.05, 0.1) is 5.92 Å². The topological polar surface area (TPSA) is 71.3 Å². The van der Waals surface area contributed by atoms with Crippen molar-refractivity contribution in [2.24, 2.45) is 0 Å². The summed E-state index contributed by atoms with van der Waals surface area (Å²) in [4.78, 5) is 18.3. The number of nitrogens with zero attached hydrogens (tertiary/aromatic N) is 3. The summed E-state index contributed by atoms with van der Waals surface area (Å²) in [6.45, 7) is 7.23. The first kappa shape index (κ1) is 14.6. The molecule has 1 fully saturated rings. The van der Waals surface area contributed by atoms with Gasteiger partial charge < -0.3 is 14.7 Å². The molecule has 1 N–H and O–H groups in total. The first-order chi connectivity index (χ1) is 10.5. The van der Waals surface area contributed by atoms with E-state index in [1.165, 1.54) is 0 Å². The number of anilines is 1. The number of likely N-dealkylation sites (tertiary alicyclic amines) is 1.